The molecule has 0 heterocycles. The Hall–Kier alpha value is -2.70. The minimum Gasteiger partial charge on any atom is -0.322 e. The first-order chi connectivity index (χ1) is 11.4. The summed E-state index contributed by atoms with van der Waals surface area (Å²) in [5.41, 5.74) is 1.68. The van der Waals surface area contributed by atoms with Crippen molar-refractivity contribution in [3.05, 3.63) is 71.8 Å². The van der Waals surface area contributed by atoms with Gasteiger partial charge in [0, 0.05) is 11.3 Å². The van der Waals surface area contributed by atoms with E-state index in [9.17, 15) is 13.2 Å². The summed E-state index contributed by atoms with van der Waals surface area (Å²) >= 11 is 0. The summed E-state index contributed by atoms with van der Waals surface area (Å²) < 4.78 is 23.0. The Morgan fingerprint density at radius 3 is 2.46 bits per heavy atom. The van der Waals surface area contributed by atoms with Crippen molar-refractivity contribution < 1.29 is 13.2 Å². The Bertz CT molecular complexity index is 1040. The van der Waals surface area contributed by atoms with E-state index in [-0.39, 0.29) is 10.8 Å². The predicted octanol–water partition coefficient (Wildman–Crippen LogP) is 3.05. The van der Waals surface area contributed by atoms with E-state index in [1.165, 1.54) is 12.1 Å². The van der Waals surface area contributed by atoms with Crippen molar-refractivity contribution >= 4 is 32.4 Å². The number of carbonyl (C=O) groups is 1. The Kier molecular flexibility index (Phi) is 4.09. The van der Waals surface area contributed by atoms with Crippen LogP contribution in [0.15, 0.2) is 65.6 Å². The van der Waals surface area contributed by atoms with Gasteiger partial charge in [-0.05, 0) is 41.5 Å². The first-order valence-electron chi connectivity index (χ1n) is 7.29. The molecule has 0 radical (unpaired) electrons. The summed E-state index contributed by atoms with van der Waals surface area (Å²) in [5.74, 6) is -0.304. The van der Waals surface area contributed by atoms with E-state index in [4.69, 9.17) is 5.14 Å². The largest absolute Gasteiger partial charge is 0.322 e. The molecule has 0 saturated heterocycles. The van der Waals surface area contributed by atoms with E-state index in [1.54, 1.807) is 19.1 Å². The van der Waals surface area contributed by atoms with E-state index >= 15 is 0 Å². The molecule has 122 valence electrons. The summed E-state index contributed by atoms with van der Waals surface area (Å²) in [4.78, 5) is 12.6. The molecule has 24 heavy (non-hydrogen) atoms. The quantitative estimate of drug-likeness (QED) is 0.768. The molecule has 0 aliphatic carbocycles. The molecule has 0 spiro atoms. The second-order valence-electron chi connectivity index (χ2n) is 5.50. The topological polar surface area (TPSA) is 89.3 Å². The van der Waals surface area contributed by atoms with Crippen molar-refractivity contribution in [1.29, 1.82) is 0 Å². The number of hydrogen-bond acceptors (Lipinski definition) is 3. The van der Waals surface area contributed by atoms with Crippen LogP contribution >= 0.6 is 0 Å². The molecule has 0 aromatic heterocycles. The number of benzene rings is 3. The Morgan fingerprint density at radius 1 is 1.00 bits per heavy atom. The zero-order valence-corrected chi connectivity index (χ0v) is 13.8. The van der Waals surface area contributed by atoms with Crippen molar-refractivity contribution in [2.75, 3.05) is 5.32 Å². The summed E-state index contributed by atoms with van der Waals surface area (Å²) in [6.45, 7) is 1.78. The molecule has 0 unspecified atom stereocenters. The van der Waals surface area contributed by atoms with E-state index < -0.39 is 10.0 Å². The fourth-order valence-corrected chi connectivity index (χ4v) is 3.07. The van der Waals surface area contributed by atoms with Crippen molar-refractivity contribution in [2.45, 2.75) is 11.8 Å². The zero-order valence-electron chi connectivity index (χ0n) is 13.0. The molecule has 5 nitrogen and oxygen atoms in total. The van der Waals surface area contributed by atoms with Crippen LogP contribution in [0.4, 0.5) is 5.69 Å². The van der Waals surface area contributed by atoms with Gasteiger partial charge in [0.15, 0.2) is 0 Å². The number of carbonyl (C=O) groups excluding carboxylic acids is 1. The molecule has 6 heteroatoms. The molecule has 3 rings (SSSR count). The van der Waals surface area contributed by atoms with Gasteiger partial charge >= 0.3 is 0 Å². The smallest absolute Gasteiger partial charge is 0.256 e. The molecular formula is C18H16N2O3S. The third kappa shape index (κ3) is 3.15. The molecule has 3 aromatic rings. The first kappa shape index (κ1) is 16.2. The molecule has 1 amide bonds. The third-order valence-corrected chi connectivity index (χ3v) is 4.73. The highest BCUT2D eigenvalue weighted by Gasteiger charge is 2.14. The Balaban J connectivity index is 2.01. The van der Waals surface area contributed by atoms with Crippen molar-refractivity contribution in [2.24, 2.45) is 5.14 Å². The maximum Gasteiger partial charge on any atom is 0.256 e. The van der Waals surface area contributed by atoms with E-state index in [1.807, 2.05) is 36.4 Å². The van der Waals surface area contributed by atoms with Crippen molar-refractivity contribution in [3.8, 4) is 0 Å². The lowest BCUT2D eigenvalue weighted by Crippen LogP contribution is -2.16. The number of fused-ring (bicyclic) bond motifs is 1. The van der Waals surface area contributed by atoms with Crippen LogP contribution in [-0.2, 0) is 10.0 Å². The second-order valence-corrected chi connectivity index (χ2v) is 7.06. The van der Waals surface area contributed by atoms with Crippen molar-refractivity contribution in [1.82, 2.24) is 0 Å². The molecular weight excluding hydrogens is 324 g/mol. The van der Waals surface area contributed by atoms with Crippen LogP contribution in [0.25, 0.3) is 10.8 Å². The molecule has 3 aromatic carbocycles. The van der Waals surface area contributed by atoms with Crippen LogP contribution in [0.1, 0.15) is 15.9 Å². The van der Waals surface area contributed by atoms with Crippen LogP contribution < -0.4 is 10.5 Å². The van der Waals surface area contributed by atoms with Gasteiger partial charge in [-0.25, -0.2) is 13.6 Å². The van der Waals surface area contributed by atoms with Crippen LogP contribution in [0.3, 0.4) is 0 Å². The molecule has 0 fully saturated rings. The van der Waals surface area contributed by atoms with E-state index in [0.717, 1.165) is 16.3 Å². The second kappa shape index (κ2) is 6.07. The van der Waals surface area contributed by atoms with Gasteiger partial charge in [0.05, 0.1) is 4.90 Å². The summed E-state index contributed by atoms with van der Waals surface area (Å²) in [7, 11) is -3.83. The van der Waals surface area contributed by atoms with Crippen LogP contribution in [0, 0.1) is 6.92 Å². The lowest BCUT2D eigenvalue weighted by atomic mass is 10.0. The van der Waals surface area contributed by atoms with Crippen LogP contribution in [0.5, 0.6) is 0 Å². The van der Waals surface area contributed by atoms with Crippen LogP contribution in [-0.4, -0.2) is 14.3 Å². The third-order valence-electron chi connectivity index (χ3n) is 3.82. The van der Waals surface area contributed by atoms with Crippen LogP contribution in [0.2, 0.25) is 0 Å². The Morgan fingerprint density at radius 2 is 1.71 bits per heavy atom. The average Bonchev–Trinajstić information content (AvgIpc) is 2.55. The highest BCUT2D eigenvalue weighted by molar-refractivity contribution is 7.89. The van der Waals surface area contributed by atoms with Gasteiger partial charge in [0.25, 0.3) is 5.91 Å². The highest BCUT2D eigenvalue weighted by Crippen LogP contribution is 2.23. The minimum absolute atomic E-state index is 0.0404. The number of aryl methyl sites for hydroxylation is 1. The standard InChI is InChI=1S/C18H16N2O3S/c1-12-9-10-14(24(19,22)23)11-17(12)20-18(21)16-8-4-6-13-5-2-3-7-15(13)16/h2-11H,1H3,(H,20,21)(H2,19,22,23). The normalized spacial score (nSPS) is 11.4. The number of hydrogen-bond donors (Lipinski definition) is 2. The van der Waals surface area contributed by atoms with Gasteiger partial charge in [-0.15, -0.1) is 0 Å². The molecule has 0 saturated carbocycles. The monoisotopic (exact) mass is 340 g/mol. The minimum atomic E-state index is -3.83. The molecule has 0 bridgehead atoms. The van der Waals surface area contributed by atoms with Gasteiger partial charge in [-0.3, -0.25) is 4.79 Å². The zero-order chi connectivity index (χ0) is 17.3. The first-order valence-corrected chi connectivity index (χ1v) is 8.83. The number of sulfonamides is 1. The molecule has 0 aliphatic rings. The van der Waals surface area contributed by atoms with Gasteiger partial charge in [-0.1, -0.05) is 42.5 Å². The fraction of sp³-hybridized carbons (Fsp3) is 0.0556. The average molecular weight is 340 g/mol. The Labute approximate surface area is 140 Å². The van der Waals surface area contributed by atoms with E-state index in [2.05, 4.69) is 5.32 Å². The van der Waals surface area contributed by atoms with Gasteiger partial charge in [-0.2, -0.15) is 0 Å². The molecule has 0 aliphatic heterocycles. The predicted molar refractivity (Wildman–Crippen MR) is 94.5 cm³/mol. The van der Waals surface area contributed by atoms with Gasteiger partial charge < -0.3 is 5.32 Å². The number of primary sulfonamides is 1. The number of rotatable bonds is 3. The SMILES string of the molecule is Cc1ccc(S(N)(=O)=O)cc1NC(=O)c1cccc2ccccc12. The molecule has 3 N–H and O–H groups in total. The molecule has 0 atom stereocenters. The fourth-order valence-electron chi connectivity index (χ4n) is 2.53. The maximum atomic E-state index is 12.6. The summed E-state index contributed by atoms with van der Waals surface area (Å²) in [5, 5.41) is 9.71. The van der Waals surface area contributed by atoms with Crippen molar-refractivity contribution in [3.63, 3.8) is 0 Å². The number of nitrogens with two attached hydrogens (primary N) is 1. The number of amides is 1. The number of nitrogens with one attached hydrogen (secondary N) is 1. The van der Waals surface area contributed by atoms with Gasteiger partial charge in [0.1, 0.15) is 0 Å². The lowest BCUT2D eigenvalue weighted by Gasteiger charge is -2.11. The maximum absolute atomic E-state index is 12.6. The number of anilines is 1. The summed E-state index contributed by atoms with van der Waals surface area (Å²) in [6, 6.07) is 17.4. The lowest BCUT2D eigenvalue weighted by molar-refractivity contribution is 0.102. The highest BCUT2D eigenvalue weighted by atomic mass is 32.2. The summed E-state index contributed by atoms with van der Waals surface area (Å²) in [6.07, 6.45) is 0. The van der Waals surface area contributed by atoms with Gasteiger partial charge in [0.2, 0.25) is 10.0 Å². The van der Waals surface area contributed by atoms with E-state index in [0.29, 0.717) is 11.3 Å².